The minimum Gasteiger partial charge on any atom is -0.480 e. The molecule has 0 saturated heterocycles. The molecule has 39 heavy (non-hydrogen) atoms. The maximum Gasteiger partial charge on any atom is 0.321 e. The van der Waals surface area contributed by atoms with Crippen molar-refractivity contribution in [2.75, 3.05) is 6.61 Å². The molecule has 1 aromatic rings. The van der Waals surface area contributed by atoms with E-state index in [1.807, 2.05) is 20.8 Å². The Balaban J connectivity index is 3.34. The second-order valence-corrected chi connectivity index (χ2v) is 10.4. The fraction of sp³-hybridized carbons (Fsp3) is 0.667. The number of carboxylic acids is 1. The quantitative estimate of drug-likeness (QED) is 0.135. The Kier molecular flexibility index (Phi) is 15.4. The van der Waals surface area contributed by atoms with Crippen molar-refractivity contribution in [1.29, 1.82) is 0 Å². The second kappa shape index (κ2) is 17.6. The van der Waals surface area contributed by atoms with Gasteiger partial charge in [-0.1, -0.05) is 73.3 Å². The third-order valence-corrected chi connectivity index (χ3v) is 6.80. The molecule has 5 atom stereocenters. The minimum absolute atomic E-state index is 0.0175. The van der Waals surface area contributed by atoms with Gasteiger partial charge in [0.1, 0.15) is 6.04 Å². The number of nitrogens with two attached hydrogens (primary N) is 1. The molecule has 0 radical (unpaired) electrons. The van der Waals surface area contributed by atoms with E-state index in [0.29, 0.717) is 24.8 Å². The molecule has 4 unspecified atom stereocenters. The van der Waals surface area contributed by atoms with Crippen LogP contribution in [0.4, 0.5) is 0 Å². The summed E-state index contributed by atoms with van der Waals surface area (Å²) in [7, 11) is 0. The van der Waals surface area contributed by atoms with Crippen molar-refractivity contribution in [3.63, 3.8) is 0 Å². The van der Waals surface area contributed by atoms with Gasteiger partial charge in [-0.05, 0) is 42.9 Å². The first kappa shape index (κ1) is 34.1. The number of hydrogen-bond donors (Lipinski definition) is 2. The third-order valence-electron chi connectivity index (χ3n) is 6.80. The fourth-order valence-corrected chi connectivity index (χ4v) is 4.38. The normalized spacial score (nSPS) is 14.9. The molecule has 0 aromatic heterocycles. The van der Waals surface area contributed by atoms with Gasteiger partial charge in [0.15, 0.2) is 11.5 Å². The average Bonchev–Trinajstić information content (AvgIpc) is 2.89. The Bertz CT molecular complexity index is 947. The standard InChI is InChI=1S/C30H47NO8/c1-7-10-11-14-25(32)37-18-21(6)26(27(31)28(33)34)22-15-16-23(38-29(35)19(4)12-8-2)24(17-22)39-30(36)20(5)13-9-3/h15-17,19-21,26-27H,7-14,18,31H2,1-6H3,(H,33,34)/t19?,20?,21?,26?,27-/m0/s1. The Morgan fingerprint density at radius 2 is 1.41 bits per heavy atom. The Morgan fingerprint density at radius 1 is 0.846 bits per heavy atom. The number of hydrogen-bond acceptors (Lipinski definition) is 8. The van der Waals surface area contributed by atoms with Crippen LogP contribution in [0, 0.1) is 17.8 Å². The van der Waals surface area contributed by atoms with Crippen LogP contribution in [0.5, 0.6) is 11.5 Å². The van der Waals surface area contributed by atoms with Crippen molar-refractivity contribution in [3.8, 4) is 11.5 Å². The van der Waals surface area contributed by atoms with E-state index in [4.69, 9.17) is 19.9 Å². The molecule has 0 aliphatic heterocycles. The first-order chi connectivity index (χ1) is 18.5. The Hall–Kier alpha value is -2.94. The summed E-state index contributed by atoms with van der Waals surface area (Å²) in [4.78, 5) is 49.5. The van der Waals surface area contributed by atoms with Crippen molar-refractivity contribution in [2.24, 2.45) is 23.5 Å². The van der Waals surface area contributed by atoms with Gasteiger partial charge in [-0.15, -0.1) is 0 Å². The molecule has 9 heteroatoms. The van der Waals surface area contributed by atoms with Crippen molar-refractivity contribution in [2.45, 2.75) is 105 Å². The lowest BCUT2D eigenvalue weighted by atomic mass is 9.82. The van der Waals surface area contributed by atoms with Crippen LogP contribution in [-0.2, 0) is 23.9 Å². The summed E-state index contributed by atoms with van der Waals surface area (Å²) in [5, 5.41) is 9.73. The van der Waals surface area contributed by atoms with Crippen LogP contribution >= 0.6 is 0 Å². The van der Waals surface area contributed by atoms with E-state index in [1.54, 1.807) is 26.8 Å². The summed E-state index contributed by atoms with van der Waals surface area (Å²) in [5.74, 6) is -4.40. The van der Waals surface area contributed by atoms with Crippen LogP contribution in [0.15, 0.2) is 18.2 Å². The SMILES string of the molecule is CCCCCC(=O)OCC(C)C(c1ccc(OC(=O)C(C)CCC)c(OC(=O)C(C)CCC)c1)[C@H](N)C(=O)O. The molecule has 1 rings (SSSR count). The van der Waals surface area contributed by atoms with Gasteiger partial charge in [0, 0.05) is 12.3 Å². The number of rotatable bonds is 18. The van der Waals surface area contributed by atoms with Crippen LogP contribution in [0.2, 0.25) is 0 Å². The molecule has 0 spiro atoms. The lowest BCUT2D eigenvalue weighted by molar-refractivity contribution is -0.145. The molecule has 0 bridgehead atoms. The first-order valence-electron chi connectivity index (χ1n) is 14.2. The van der Waals surface area contributed by atoms with Gasteiger partial charge < -0.3 is 25.1 Å². The van der Waals surface area contributed by atoms with Crippen molar-refractivity contribution in [3.05, 3.63) is 23.8 Å². The fourth-order valence-electron chi connectivity index (χ4n) is 4.38. The largest absolute Gasteiger partial charge is 0.480 e. The highest BCUT2D eigenvalue weighted by Crippen LogP contribution is 2.36. The van der Waals surface area contributed by atoms with Crippen LogP contribution in [0.1, 0.15) is 104 Å². The zero-order valence-electron chi connectivity index (χ0n) is 24.4. The smallest absolute Gasteiger partial charge is 0.321 e. The second-order valence-electron chi connectivity index (χ2n) is 10.4. The van der Waals surface area contributed by atoms with Gasteiger partial charge in [0.05, 0.1) is 18.4 Å². The Morgan fingerprint density at radius 3 is 1.92 bits per heavy atom. The van der Waals surface area contributed by atoms with E-state index in [-0.39, 0.29) is 35.9 Å². The highest BCUT2D eigenvalue weighted by atomic mass is 16.6. The molecule has 0 fully saturated rings. The number of carbonyl (C=O) groups is 4. The highest BCUT2D eigenvalue weighted by molar-refractivity contribution is 5.79. The van der Waals surface area contributed by atoms with Gasteiger partial charge >= 0.3 is 23.9 Å². The van der Waals surface area contributed by atoms with Gasteiger partial charge in [0.25, 0.3) is 0 Å². The van der Waals surface area contributed by atoms with Crippen molar-refractivity contribution >= 4 is 23.9 Å². The summed E-state index contributed by atoms with van der Waals surface area (Å²) in [5.41, 5.74) is 6.56. The van der Waals surface area contributed by atoms with Gasteiger partial charge in [0.2, 0.25) is 0 Å². The number of esters is 3. The van der Waals surface area contributed by atoms with Crippen LogP contribution < -0.4 is 15.2 Å². The predicted octanol–water partition coefficient (Wildman–Crippen LogP) is 5.62. The Labute approximate surface area is 232 Å². The van der Waals surface area contributed by atoms with Crippen LogP contribution in [0.25, 0.3) is 0 Å². The summed E-state index contributed by atoms with van der Waals surface area (Å²) in [6.45, 7) is 11.2. The number of ether oxygens (including phenoxy) is 3. The van der Waals surface area contributed by atoms with Crippen molar-refractivity contribution < 1.29 is 38.5 Å². The first-order valence-corrected chi connectivity index (χ1v) is 14.2. The third kappa shape index (κ3) is 11.4. The molecule has 220 valence electrons. The number of carbonyl (C=O) groups excluding carboxylic acids is 3. The molecular formula is C30H47NO8. The summed E-state index contributed by atoms with van der Waals surface area (Å²) in [6, 6.07) is 3.27. The van der Waals surface area contributed by atoms with Crippen LogP contribution in [0.3, 0.4) is 0 Å². The van der Waals surface area contributed by atoms with E-state index in [9.17, 15) is 24.3 Å². The van der Waals surface area contributed by atoms with Crippen LogP contribution in [-0.4, -0.2) is 41.6 Å². The van der Waals surface area contributed by atoms with Gasteiger partial charge in [-0.25, -0.2) is 0 Å². The molecule has 1 aromatic carbocycles. The molecule has 9 nitrogen and oxygen atoms in total. The average molecular weight is 550 g/mol. The summed E-state index contributed by atoms with van der Waals surface area (Å²) >= 11 is 0. The summed E-state index contributed by atoms with van der Waals surface area (Å²) < 4.78 is 16.7. The maximum atomic E-state index is 12.8. The molecule has 3 N–H and O–H groups in total. The number of aliphatic carboxylic acids is 1. The van der Waals surface area contributed by atoms with Crippen molar-refractivity contribution in [1.82, 2.24) is 0 Å². The predicted molar refractivity (Wildman–Crippen MR) is 148 cm³/mol. The molecule has 0 saturated carbocycles. The van der Waals surface area contributed by atoms with E-state index < -0.39 is 35.8 Å². The van der Waals surface area contributed by atoms with E-state index >= 15 is 0 Å². The number of carboxylic acid groups (broad SMARTS) is 1. The number of benzene rings is 1. The topological polar surface area (TPSA) is 142 Å². The van der Waals surface area contributed by atoms with E-state index in [0.717, 1.165) is 32.1 Å². The lowest BCUT2D eigenvalue weighted by Crippen LogP contribution is -2.40. The summed E-state index contributed by atoms with van der Waals surface area (Å²) in [6.07, 6.45) is 5.78. The lowest BCUT2D eigenvalue weighted by Gasteiger charge is -2.28. The van der Waals surface area contributed by atoms with E-state index in [2.05, 4.69) is 0 Å². The molecule has 0 heterocycles. The molecule has 0 aliphatic carbocycles. The van der Waals surface area contributed by atoms with E-state index in [1.165, 1.54) is 12.1 Å². The monoisotopic (exact) mass is 549 g/mol. The maximum absolute atomic E-state index is 12.8. The molecular weight excluding hydrogens is 502 g/mol. The zero-order chi connectivity index (χ0) is 29.5. The van der Waals surface area contributed by atoms with Gasteiger partial charge in [-0.2, -0.15) is 0 Å². The molecule has 0 aliphatic rings. The molecule has 0 amide bonds. The highest BCUT2D eigenvalue weighted by Gasteiger charge is 2.33. The van der Waals surface area contributed by atoms with Gasteiger partial charge in [-0.3, -0.25) is 19.2 Å². The zero-order valence-corrected chi connectivity index (χ0v) is 24.4. The number of unbranched alkanes of at least 4 members (excludes halogenated alkanes) is 2. The minimum atomic E-state index is -1.32.